The normalized spacial score (nSPS) is 21.0. The van der Waals surface area contributed by atoms with E-state index in [1.807, 2.05) is 0 Å². The second kappa shape index (κ2) is 6.55. The molecule has 1 aliphatic rings. The van der Waals surface area contributed by atoms with Crippen LogP contribution in [0.4, 0.5) is 4.39 Å². The number of halogens is 3. The van der Waals surface area contributed by atoms with Crippen LogP contribution in [0.3, 0.4) is 0 Å². The second-order valence-electron chi connectivity index (χ2n) is 4.39. The highest BCUT2D eigenvalue weighted by atomic mass is 35.5. The summed E-state index contributed by atoms with van der Waals surface area (Å²) in [6, 6.07) is 5.16. The van der Waals surface area contributed by atoms with Crippen molar-refractivity contribution in [2.24, 2.45) is 5.73 Å². The molecule has 1 aliphatic heterocycles. The van der Waals surface area contributed by atoms with Crippen LogP contribution in [0.25, 0.3) is 0 Å². The highest BCUT2D eigenvalue weighted by molar-refractivity contribution is 6.30. The quantitative estimate of drug-likeness (QED) is 0.902. The summed E-state index contributed by atoms with van der Waals surface area (Å²) in [5.74, 6) is -0.360. The maximum Gasteiger partial charge on any atom is 0.141 e. The molecule has 1 aromatic rings. The third-order valence-corrected chi connectivity index (χ3v) is 3.22. The van der Waals surface area contributed by atoms with Crippen molar-refractivity contribution in [1.82, 2.24) is 4.90 Å². The van der Waals surface area contributed by atoms with E-state index in [0.29, 0.717) is 0 Å². The fourth-order valence-corrected chi connectivity index (χ4v) is 2.33. The molecule has 2 rings (SSSR count). The molecule has 1 fully saturated rings. The van der Waals surface area contributed by atoms with Crippen LogP contribution in [0.2, 0.25) is 5.02 Å². The molecule has 0 aromatic heterocycles. The molecule has 0 amide bonds. The summed E-state index contributed by atoms with van der Waals surface area (Å²) < 4.78 is 13.0. The Bertz CT molecular complexity index is 374. The molecule has 0 radical (unpaired) electrons. The zero-order valence-electron chi connectivity index (χ0n) is 9.53. The van der Waals surface area contributed by atoms with Gasteiger partial charge in [-0.25, -0.2) is 4.39 Å². The van der Waals surface area contributed by atoms with Crippen LogP contribution < -0.4 is 5.73 Å². The van der Waals surface area contributed by atoms with Gasteiger partial charge in [-0.3, -0.25) is 4.90 Å². The van der Waals surface area contributed by atoms with Gasteiger partial charge in [0, 0.05) is 19.1 Å². The number of likely N-dealkylation sites (tertiary alicyclic amines) is 1. The van der Waals surface area contributed by atoms with Crippen LogP contribution in [-0.4, -0.2) is 24.0 Å². The van der Waals surface area contributed by atoms with Gasteiger partial charge >= 0.3 is 0 Å². The summed E-state index contributed by atoms with van der Waals surface area (Å²) in [6.45, 7) is 2.77. The third-order valence-electron chi connectivity index (χ3n) is 2.93. The molecule has 0 bridgehead atoms. The Hall–Kier alpha value is -0.350. The molecular weight excluding hydrogens is 262 g/mol. The van der Waals surface area contributed by atoms with E-state index in [9.17, 15) is 4.39 Å². The standard InChI is InChI=1S/C12H16ClFN2.ClH/c13-11-6-9(3-4-12(11)14)7-16-5-1-2-10(15)8-16;/h3-4,6,10H,1-2,5,7-8,15H2;1H/t10-;/m1./s1. The number of benzene rings is 1. The summed E-state index contributed by atoms with van der Waals surface area (Å²) in [4.78, 5) is 2.29. The van der Waals surface area contributed by atoms with Crippen molar-refractivity contribution < 1.29 is 4.39 Å². The number of nitrogens with two attached hydrogens (primary N) is 1. The average Bonchev–Trinajstić information content (AvgIpc) is 2.24. The van der Waals surface area contributed by atoms with Crippen molar-refractivity contribution >= 4 is 24.0 Å². The van der Waals surface area contributed by atoms with Gasteiger partial charge in [0.1, 0.15) is 5.82 Å². The molecule has 1 saturated heterocycles. The van der Waals surface area contributed by atoms with E-state index in [4.69, 9.17) is 17.3 Å². The minimum atomic E-state index is -0.360. The highest BCUT2D eigenvalue weighted by Gasteiger charge is 2.16. The summed E-state index contributed by atoms with van der Waals surface area (Å²) in [5, 5.41) is 0.193. The van der Waals surface area contributed by atoms with Gasteiger partial charge in [0.05, 0.1) is 5.02 Å². The van der Waals surface area contributed by atoms with Crippen molar-refractivity contribution in [2.75, 3.05) is 13.1 Å². The van der Waals surface area contributed by atoms with Gasteiger partial charge in [-0.05, 0) is 37.1 Å². The lowest BCUT2D eigenvalue weighted by Gasteiger charge is -2.30. The van der Waals surface area contributed by atoms with Crippen LogP contribution in [0, 0.1) is 5.82 Å². The van der Waals surface area contributed by atoms with Crippen LogP contribution in [0.1, 0.15) is 18.4 Å². The number of rotatable bonds is 2. The molecule has 0 spiro atoms. The fourth-order valence-electron chi connectivity index (χ4n) is 2.13. The first-order valence-corrected chi connectivity index (χ1v) is 5.95. The lowest BCUT2D eigenvalue weighted by molar-refractivity contribution is 0.201. The predicted octanol–water partition coefficient (Wildman–Crippen LogP) is 2.82. The molecule has 1 atom stereocenters. The Morgan fingerprint density at radius 2 is 2.24 bits per heavy atom. The van der Waals surface area contributed by atoms with E-state index in [-0.39, 0.29) is 29.3 Å². The number of hydrogen-bond donors (Lipinski definition) is 1. The number of hydrogen-bond acceptors (Lipinski definition) is 2. The van der Waals surface area contributed by atoms with Crippen molar-refractivity contribution in [3.05, 3.63) is 34.6 Å². The van der Waals surface area contributed by atoms with Crippen molar-refractivity contribution in [3.63, 3.8) is 0 Å². The first-order chi connectivity index (χ1) is 7.65. The summed E-state index contributed by atoms with van der Waals surface area (Å²) >= 11 is 5.74. The SMILES string of the molecule is Cl.N[C@@H]1CCCN(Cc2ccc(F)c(Cl)c2)C1. The molecule has 1 aromatic carbocycles. The molecule has 0 saturated carbocycles. The van der Waals surface area contributed by atoms with Crippen molar-refractivity contribution in [2.45, 2.75) is 25.4 Å². The van der Waals surface area contributed by atoms with Crippen molar-refractivity contribution in [1.29, 1.82) is 0 Å². The molecule has 96 valence electrons. The largest absolute Gasteiger partial charge is 0.327 e. The smallest absolute Gasteiger partial charge is 0.141 e. The Kier molecular flexibility index (Phi) is 5.67. The first kappa shape index (κ1) is 14.7. The monoisotopic (exact) mass is 278 g/mol. The molecule has 2 nitrogen and oxygen atoms in total. The zero-order valence-corrected chi connectivity index (χ0v) is 11.1. The van der Waals surface area contributed by atoms with Crippen LogP contribution in [0.5, 0.6) is 0 Å². The Balaban J connectivity index is 0.00000144. The van der Waals surface area contributed by atoms with E-state index in [2.05, 4.69) is 4.90 Å². The minimum Gasteiger partial charge on any atom is -0.327 e. The zero-order chi connectivity index (χ0) is 11.5. The van der Waals surface area contributed by atoms with Gasteiger partial charge in [0.2, 0.25) is 0 Å². The molecule has 0 unspecified atom stereocenters. The topological polar surface area (TPSA) is 29.3 Å². The highest BCUT2D eigenvalue weighted by Crippen LogP contribution is 2.18. The Morgan fingerprint density at radius 3 is 2.88 bits per heavy atom. The third kappa shape index (κ3) is 4.11. The van der Waals surface area contributed by atoms with E-state index in [1.165, 1.54) is 6.07 Å². The Labute approximate surface area is 112 Å². The predicted molar refractivity (Wildman–Crippen MR) is 71.1 cm³/mol. The maximum atomic E-state index is 13.0. The maximum absolute atomic E-state index is 13.0. The number of piperidine rings is 1. The lowest BCUT2D eigenvalue weighted by Crippen LogP contribution is -2.42. The van der Waals surface area contributed by atoms with E-state index >= 15 is 0 Å². The molecule has 0 aliphatic carbocycles. The summed E-state index contributed by atoms with van der Waals surface area (Å²) in [5.41, 5.74) is 6.95. The van der Waals surface area contributed by atoms with Crippen molar-refractivity contribution in [3.8, 4) is 0 Å². The average molecular weight is 279 g/mol. The van der Waals surface area contributed by atoms with E-state index < -0.39 is 0 Å². The van der Waals surface area contributed by atoms with Gasteiger partial charge in [-0.15, -0.1) is 12.4 Å². The molecule has 17 heavy (non-hydrogen) atoms. The number of nitrogens with zero attached hydrogens (tertiary/aromatic N) is 1. The second-order valence-corrected chi connectivity index (χ2v) is 4.79. The van der Waals surface area contributed by atoms with Gasteiger partial charge < -0.3 is 5.73 Å². The van der Waals surface area contributed by atoms with E-state index in [1.54, 1.807) is 12.1 Å². The van der Waals surface area contributed by atoms with E-state index in [0.717, 1.165) is 38.0 Å². The van der Waals surface area contributed by atoms with Crippen LogP contribution >= 0.6 is 24.0 Å². The van der Waals surface area contributed by atoms with Gasteiger partial charge in [-0.1, -0.05) is 17.7 Å². The van der Waals surface area contributed by atoms with Gasteiger partial charge in [0.25, 0.3) is 0 Å². The first-order valence-electron chi connectivity index (χ1n) is 5.57. The molecule has 5 heteroatoms. The van der Waals surface area contributed by atoms with Crippen LogP contribution in [0.15, 0.2) is 18.2 Å². The molecule has 2 N–H and O–H groups in total. The molecular formula is C12H17Cl2FN2. The lowest BCUT2D eigenvalue weighted by atomic mass is 10.1. The fraction of sp³-hybridized carbons (Fsp3) is 0.500. The minimum absolute atomic E-state index is 0. The van der Waals surface area contributed by atoms with Crippen LogP contribution in [-0.2, 0) is 6.54 Å². The Morgan fingerprint density at radius 1 is 1.47 bits per heavy atom. The summed E-state index contributed by atoms with van der Waals surface area (Å²) in [6.07, 6.45) is 2.23. The van der Waals surface area contributed by atoms with Gasteiger partial charge in [-0.2, -0.15) is 0 Å². The summed E-state index contributed by atoms with van der Waals surface area (Å²) in [7, 11) is 0. The van der Waals surface area contributed by atoms with Gasteiger partial charge in [0.15, 0.2) is 0 Å². The molecule has 1 heterocycles.